The van der Waals surface area contributed by atoms with Gasteiger partial charge in [0, 0.05) is 25.1 Å². The van der Waals surface area contributed by atoms with Gasteiger partial charge in [0.05, 0.1) is 12.1 Å². The highest BCUT2D eigenvalue weighted by Crippen LogP contribution is 2.35. The fourth-order valence-corrected chi connectivity index (χ4v) is 4.41. The van der Waals surface area contributed by atoms with E-state index in [9.17, 15) is 19.2 Å². The van der Waals surface area contributed by atoms with Gasteiger partial charge in [0.25, 0.3) is 5.91 Å². The van der Waals surface area contributed by atoms with E-state index in [1.54, 1.807) is 29.2 Å². The van der Waals surface area contributed by atoms with Crippen LogP contribution in [0.25, 0.3) is 0 Å². The van der Waals surface area contributed by atoms with E-state index < -0.39 is 6.04 Å². The number of nitrogens with one attached hydrogen (secondary N) is 1. The number of benzene rings is 1. The molecular weight excluding hydrogens is 394 g/mol. The summed E-state index contributed by atoms with van der Waals surface area (Å²) in [5.41, 5.74) is 2.40. The molecule has 1 unspecified atom stereocenters. The Morgan fingerprint density at radius 2 is 1.87 bits per heavy atom. The first kappa shape index (κ1) is 21.3. The highest BCUT2D eigenvalue weighted by atomic mass is 16.2. The maximum atomic E-state index is 13.2. The van der Waals surface area contributed by atoms with Crippen LogP contribution in [0.15, 0.2) is 35.9 Å². The maximum Gasteiger partial charge on any atom is 0.257 e. The molecule has 0 bridgehead atoms. The van der Waals surface area contributed by atoms with Crippen LogP contribution in [0.5, 0.6) is 0 Å². The zero-order chi connectivity index (χ0) is 22.0. The number of allylic oxidation sites excluding steroid dienone is 1. The van der Waals surface area contributed by atoms with Gasteiger partial charge in [-0.1, -0.05) is 11.6 Å². The average Bonchev–Trinajstić information content (AvgIpc) is 3.56. The second-order valence-electron chi connectivity index (χ2n) is 8.68. The second-order valence-corrected chi connectivity index (χ2v) is 8.68. The minimum Gasteiger partial charge on any atom is -0.330 e. The number of nitrogens with zero attached hydrogens (tertiary/aromatic N) is 2. The molecule has 1 N–H and O–H groups in total. The van der Waals surface area contributed by atoms with E-state index in [1.165, 1.54) is 30.2 Å². The van der Waals surface area contributed by atoms with Crippen LogP contribution in [0.4, 0.5) is 11.4 Å². The van der Waals surface area contributed by atoms with Gasteiger partial charge < -0.3 is 10.2 Å². The van der Waals surface area contributed by atoms with Crippen molar-refractivity contribution in [3.63, 3.8) is 0 Å². The number of carbonyl (C=O) groups is 4. The lowest BCUT2D eigenvalue weighted by Gasteiger charge is -2.28. The molecule has 7 heteroatoms. The summed E-state index contributed by atoms with van der Waals surface area (Å²) in [6, 6.07) is 5.87. The second kappa shape index (κ2) is 9.04. The molecule has 1 atom stereocenters. The monoisotopic (exact) mass is 423 g/mol. The van der Waals surface area contributed by atoms with Crippen molar-refractivity contribution in [3.05, 3.63) is 35.9 Å². The Balaban J connectivity index is 1.50. The highest BCUT2D eigenvalue weighted by molar-refractivity contribution is 6.23. The predicted molar refractivity (Wildman–Crippen MR) is 117 cm³/mol. The third kappa shape index (κ3) is 4.86. The molecule has 1 aromatic carbocycles. The van der Waals surface area contributed by atoms with Crippen LogP contribution in [0.1, 0.15) is 58.3 Å². The summed E-state index contributed by atoms with van der Waals surface area (Å²) in [7, 11) is 0. The van der Waals surface area contributed by atoms with Crippen molar-refractivity contribution in [2.45, 2.75) is 64.3 Å². The standard InChI is InChI=1S/C24H29N3O4/c1-16(28)25-19-9-11-20(12-10-19)27-22(29)15-21(24(27)31)26(23(30)18-7-8-18)14-13-17-5-3-2-4-6-17/h5,9-12,18,21H,2-4,6-8,13-15H2,1H3,(H,25,28). The lowest BCUT2D eigenvalue weighted by Crippen LogP contribution is -2.46. The molecule has 0 aromatic heterocycles. The number of imide groups is 1. The zero-order valence-electron chi connectivity index (χ0n) is 17.9. The lowest BCUT2D eigenvalue weighted by atomic mass is 9.97. The first-order chi connectivity index (χ1) is 14.9. The van der Waals surface area contributed by atoms with Gasteiger partial charge in [-0.25, -0.2) is 4.90 Å². The summed E-state index contributed by atoms with van der Waals surface area (Å²) in [5.74, 6) is -0.834. The fourth-order valence-electron chi connectivity index (χ4n) is 4.41. The Kier molecular flexibility index (Phi) is 6.20. The Labute approximate surface area is 182 Å². The number of hydrogen-bond donors (Lipinski definition) is 1. The van der Waals surface area contributed by atoms with Crippen LogP contribution >= 0.6 is 0 Å². The van der Waals surface area contributed by atoms with Crippen molar-refractivity contribution >= 4 is 35.0 Å². The van der Waals surface area contributed by atoms with E-state index in [2.05, 4.69) is 11.4 Å². The zero-order valence-corrected chi connectivity index (χ0v) is 17.9. The molecule has 1 aromatic rings. The van der Waals surface area contributed by atoms with Crippen molar-refractivity contribution in [2.24, 2.45) is 5.92 Å². The van der Waals surface area contributed by atoms with Gasteiger partial charge in [0.15, 0.2) is 0 Å². The lowest BCUT2D eigenvalue weighted by molar-refractivity contribution is -0.139. The third-order valence-corrected chi connectivity index (χ3v) is 6.21. The molecule has 0 radical (unpaired) electrons. The van der Waals surface area contributed by atoms with Crippen LogP contribution in [-0.4, -0.2) is 41.1 Å². The van der Waals surface area contributed by atoms with Crippen LogP contribution in [-0.2, 0) is 19.2 Å². The van der Waals surface area contributed by atoms with Crippen LogP contribution < -0.4 is 10.2 Å². The van der Waals surface area contributed by atoms with Gasteiger partial charge in [-0.05, 0) is 69.2 Å². The quantitative estimate of drug-likeness (QED) is 0.538. The van der Waals surface area contributed by atoms with Gasteiger partial charge in [0.2, 0.25) is 17.7 Å². The van der Waals surface area contributed by atoms with Gasteiger partial charge in [-0.2, -0.15) is 0 Å². The molecule has 2 fully saturated rings. The Morgan fingerprint density at radius 3 is 2.48 bits per heavy atom. The Bertz CT molecular complexity index is 917. The number of anilines is 2. The molecule has 1 saturated heterocycles. The van der Waals surface area contributed by atoms with Crippen LogP contribution in [0.2, 0.25) is 0 Å². The van der Waals surface area contributed by atoms with Gasteiger partial charge in [-0.3, -0.25) is 19.2 Å². The number of hydrogen-bond acceptors (Lipinski definition) is 4. The molecule has 7 nitrogen and oxygen atoms in total. The van der Waals surface area contributed by atoms with Gasteiger partial charge in [0.1, 0.15) is 6.04 Å². The summed E-state index contributed by atoms with van der Waals surface area (Å²) < 4.78 is 0. The first-order valence-corrected chi connectivity index (χ1v) is 11.2. The van der Waals surface area contributed by atoms with E-state index in [1.807, 2.05) is 0 Å². The predicted octanol–water partition coefficient (Wildman–Crippen LogP) is 3.41. The SMILES string of the molecule is CC(=O)Nc1ccc(N2C(=O)CC(N(CCC3=CCCCC3)C(=O)C3CC3)C2=O)cc1. The topological polar surface area (TPSA) is 86.8 Å². The van der Waals surface area contributed by atoms with Gasteiger partial charge >= 0.3 is 0 Å². The summed E-state index contributed by atoms with van der Waals surface area (Å²) >= 11 is 0. The van der Waals surface area contributed by atoms with Crippen molar-refractivity contribution in [3.8, 4) is 0 Å². The minimum absolute atomic E-state index is 0.00501. The van der Waals surface area contributed by atoms with E-state index in [-0.39, 0.29) is 36.0 Å². The summed E-state index contributed by atoms with van der Waals surface area (Å²) in [5, 5.41) is 2.67. The number of rotatable bonds is 7. The van der Waals surface area contributed by atoms with Crippen molar-refractivity contribution in [1.29, 1.82) is 0 Å². The van der Waals surface area contributed by atoms with Gasteiger partial charge in [-0.15, -0.1) is 0 Å². The average molecular weight is 424 g/mol. The van der Waals surface area contributed by atoms with E-state index in [0.717, 1.165) is 32.1 Å². The largest absolute Gasteiger partial charge is 0.330 e. The number of carbonyl (C=O) groups excluding carboxylic acids is 4. The fraction of sp³-hybridized carbons (Fsp3) is 0.500. The van der Waals surface area contributed by atoms with E-state index in [4.69, 9.17) is 0 Å². The molecule has 1 aliphatic heterocycles. The molecule has 2 aliphatic carbocycles. The first-order valence-electron chi connectivity index (χ1n) is 11.2. The molecule has 3 aliphatic rings. The Morgan fingerprint density at radius 1 is 1.13 bits per heavy atom. The summed E-state index contributed by atoms with van der Waals surface area (Å²) in [6.07, 6.45) is 9.28. The summed E-state index contributed by atoms with van der Waals surface area (Å²) in [4.78, 5) is 53.0. The van der Waals surface area contributed by atoms with E-state index in [0.29, 0.717) is 17.9 Å². The van der Waals surface area contributed by atoms with Crippen molar-refractivity contribution in [1.82, 2.24) is 4.90 Å². The number of amides is 4. The smallest absolute Gasteiger partial charge is 0.257 e. The minimum atomic E-state index is -0.736. The molecule has 4 amide bonds. The van der Waals surface area contributed by atoms with Crippen molar-refractivity contribution in [2.75, 3.05) is 16.8 Å². The molecule has 1 saturated carbocycles. The third-order valence-electron chi connectivity index (χ3n) is 6.21. The summed E-state index contributed by atoms with van der Waals surface area (Å²) in [6.45, 7) is 1.90. The molecule has 0 spiro atoms. The van der Waals surface area contributed by atoms with Crippen molar-refractivity contribution < 1.29 is 19.2 Å². The molecular formula is C24H29N3O4. The molecule has 164 valence electrons. The molecule has 1 heterocycles. The van der Waals surface area contributed by atoms with Crippen LogP contribution in [0.3, 0.4) is 0 Å². The van der Waals surface area contributed by atoms with Crippen LogP contribution in [0, 0.1) is 5.92 Å². The Hall–Kier alpha value is -2.96. The normalized spacial score (nSPS) is 21.1. The van der Waals surface area contributed by atoms with E-state index >= 15 is 0 Å². The maximum absolute atomic E-state index is 13.2. The molecule has 31 heavy (non-hydrogen) atoms. The highest BCUT2D eigenvalue weighted by Gasteiger charge is 2.46. The molecule has 4 rings (SSSR count).